The number of allylic oxidation sites excluding steroid dienone is 2. The molecule has 31 heavy (non-hydrogen) atoms. The molecule has 9 nitrogen and oxygen atoms in total. The van der Waals surface area contributed by atoms with Gasteiger partial charge in [0.15, 0.2) is 0 Å². The zero-order valence-corrected chi connectivity index (χ0v) is 18.5. The summed E-state index contributed by atoms with van der Waals surface area (Å²) in [5, 5.41) is 21.3. The minimum absolute atomic E-state index is 0.0291. The lowest BCUT2D eigenvalue weighted by Gasteiger charge is -2.35. The SMILES string of the molecule is COCC(OC(=O)C1=C(C)N(C)C(C)=C(C(=O)O)C1c1cccc([N+](=O)[O-])c1)C(C)C. The molecule has 0 aromatic heterocycles. The molecule has 2 atom stereocenters. The number of hydrogen-bond donors (Lipinski definition) is 1. The number of carbonyl (C=O) groups is 2. The molecule has 2 rings (SSSR count). The van der Waals surface area contributed by atoms with Crippen molar-refractivity contribution in [3.05, 3.63) is 62.5 Å². The highest BCUT2D eigenvalue weighted by molar-refractivity contribution is 5.99. The fraction of sp³-hybridized carbons (Fsp3) is 0.455. The maximum Gasteiger partial charge on any atom is 0.337 e. The molecule has 0 spiro atoms. The van der Waals surface area contributed by atoms with E-state index in [1.54, 1.807) is 31.9 Å². The second-order valence-electron chi connectivity index (χ2n) is 7.79. The largest absolute Gasteiger partial charge is 0.478 e. The summed E-state index contributed by atoms with van der Waals surface area (Å²) in [7, 11) is 3.17. The molecular weight excluding hydrogens is 404 g/mol. The zero-order valence-electron chi connectivity index (χ0n) is 18.5. The summed E-state index contributed by atoms with van der Waals surface area (Å²) in [6, 6.07) is 5.66. The Morgan fingerprint density at radius 2 is 1.84 bits per heavy atom. The quantitative estimate of drug-likeness (QED) is 0.377. The first-order valence-corrected chi connectivity index (χ1v) is 9.84. The predicted molar refractivity (Wildman–Crippen MR) is 113 cm³/mol. The number of carboxylic acid groups (broad SMARTS) is 1. The van der Waals surface area contributed by atoms with Crippen LogP contribution in [0.2, 0.25) is 0 Å². The summed E-state index contributed by atoms with van der Waals surface area (Å²) in [5.74, 6) is -2.94. The number of hydrogen-bond acceptors (Lipinski definition) is 7. The van der Waals surface area contributed by atoms with Gasteiger partial charge in [-0.3, -0.25) is 10.1 Å². The zero-order chi connectivity index (χ0) is 23.5. The van der Waals surface area contributed by atoms with Gasteiger partial charge in [0.1, 0.15) is 6.10 Å². The molecule has 0 bridgehead atoms. The number of benzene rings is 1. The highest BCUT2D eigenvalue weighted by Crippen LogP contribution is 2.42. The molecule has 0 aliphatic carbocycles. The van der Waals surface area contributed by atoms with E-state index in [0.717, 1.165) is 0 Å². The molecule has 1 heterocycles. The van der Waals surface area contributed by atoms with Gasteiger partial charge in [-0.25, -0.2) is 9.59 Å². The summed E-state index contributed by atoms with van der Waals surface area (Å²) in [4.78, 5) is 37.9. The number of methoxy groups -OCH3 is 1. The van der Waals surface area contributed by atoms with E-state index in [-0.39, 0.29) is 29.4 Å². The van der Waals surface area contributed by atoms with Crippen molar-refractivity contribution in [2.24, 2.45) is 5.92 Å². The Morgan fingerprint density at radius 3 is 2.35 bits per heavy atom. The van der Waals surface area contributed by atoms with Crippen LogP contribution in [0, 0.1) is 16.0 Å². The maximum atomic E-state index is 13.3. The molecule has 0 amide bonds. The molecule has 0 fully saturated rings. The third-order valence-electron chi connectivity index (χ3n) is 5.56. The predicted octanol–water partition coefficient (Wildman–Crippen LogP) is 3.47. The van der Waals surface area contributed by atoms with Gasteiger partial charge < -0.3 is 19.5 Å². The van der Waals surface area contributed by atoms with Gasteiger partial charge in [0.2, 0.25) is 0 Å². The topological polar surface area (TPSA) is 119 Å². The number of aliphatic carboxylic acids is 1. The van der Waals surface area contributed by atoms with Gasteiger partial charge in [0.05, 0.1) is 28.6 Å². The average molecular weight is 432 g/mol. The highest BCUT2D eigenvalue weighted by atomic mass is 16.6. The molecule has 0 radical (unpaired) electrons. The summed E-state index contributed by atoms with van der Waals surface area (Å²) in [5.41, 5.74) is 1.20. The number of nitro groups is 1. The van der Waals surface area contributed by atoms with Crippen molar-refractivity contribution in [2.75, 3.05) is 20.8 Å². The van der Waals surface area contributed by atoms with Crippen molar-refractivity contribution >= 4 is 17.6 Å². The Labute approximate surface area is 181 Å². The van der Waals surface area contributed by atoms with Crippen LogP contribution < -0.4 is 0 Å². The van der Waals surface area contributed by atoms with Gasteiger partial charge in [-0.1, -0.05) is 26.0 Å². The minimum atomic E-state index is -1.21. The third kappa shape index (κ3) is 4.93. The Kier molecular flexibility index (Phi) is 7.56. The van der Waals surface area contributed by atoms with Crippen LogP contribution in [0.5, 0.6) is 0 Å². The molecule has 1 aromatic carbocycles. The van der Waals surface area contributed by atoms with Gasteiger partial charge in [0, 0.05) is 37.7 Å². The molecule has 168 valence electrons. The van der Waals surface area contributed by atoms with Crippen molar-refractivity contribution in [1.29, 1.82) is 0 Å². The standard InChI is InChI=1S/C22H28N2O7/c1-12(2)17(11-30-6)31-22(27)19-14(4)23(5)13(3)18(21(25)26)20(19)15-8-7-9-16(10-15)24(28)29/h7-10,12,17,20H,11H2,1-6H3,(H,25,26). The molecule has 1 N–H and O–H groups in total. The van der Waals surface area contributed by atoms with Gasteiger partial charge in [0.25, 0.3) is 5.69 Å². The van der Waals surface area contributed by atoms with E-state index in [1.165, 1.54) is 25.3 Å². The molecular formula is C22H28N2O7. The summed E-state index contributed by atoms with van der Waals surface area (Å²) in [6.07, 6.45) is -0.533. The molecule has 0 saturated carbocycles. The number of nitrogens with zero attached hydrogens (tertiary/aromatic N) is 2. The molecule has 1 aliphatic rings. The molecule has 2 unspecified atom stereocenters. The van der Waals surface area contributed by atoms with Crippen molar-refractivity contribution in [1.82, 2.24) is 4.90 Å². The van der Waals surface area contributed by atoms with Crippen LogP contribution in [0.4, 0.5) is 5.69 Å². The monoisotopic (exact) mass is 432 g/mol. The number of non-ortho nitro benzene ring substituents is 1. The molecule has 9 heteroatoms. The first kappa shape index (κ1) is 24.1. The van der Waals surface area contributed by atoms with Crippen LogP contribution in [-0.2, 0) is 19.1 Å². The number of rotatable bonds is 8. The minimum Gasteiger partial charge on any atom is -0.478 e. The Morgan fingerprint density at radius 1 is 1.23 bits per heavy atom. The smallest absolute Gasteiger partial charge is 0.337 e. The van der Waals surface area contributed by atoms with E-state index >= 15 is 0 Å². The third-order valence-corrected chi connectivity index (χ3v) is 5.56. The normalized spacial score (nSPS) is 17.8. The van der Waals surface area contributed by atoms with E-state index < -0.39 is 28.9 Å². The van der Waals surface area contributed by atoms with Crippen molar-refractivity contribution in [3.8, 4) is 0 Å². The van der Waals surface area contributed by atoms with Crippen LogP contribution in [0.1, 0.15) is 39.2 Å². The lowest BCUT2D eigenvalue weighted by atomic mass is 9.79. The fourth-order valence-electron chi connectivity index (χ4n) is 3.60. The van der Waals surface area contributed by atoms with Gasteiger partial charge >= 0.3 is 11.9 Å². The van der Waals surface area contributed by atoms with Crippen molar-refractivity contribution in [2.45, 2.75) is 39.7 Å². The summed E-state index contributed by atoms with van der Waals surface area (Å²) in [6.45, 7) is 7.30. The van der Waals surface area contributed by atoms with E-state index in [0.29, 0.717) is 17.0 Å². The summed E-state index contributed by atoms with van der Waals surface area (Å²) < 4.78 is 10.9. The van der Waals surface area contributed by atoms with E-state index in [9.17, 15) is 24.8 Å². The van der Waals surface area contributed by atoms with E-state index in [2.05, 4.69) is 0 Å². The molecule has 1 aliphatic heterocycles. The van der Waals surface area contributed by atoms with Crippen LogP contribution in [0.25, 0.3) is 0 Å². The van der Waals surface area contributed by atoms with Gasteiger partial charge in [-0.15, -0.1) is 0 Å². The van der Waals surface area contributed by atoms with E-state index in [1.807, 2.05) is 13.8 Å². The van der Waals surface area contributed by atoms with Crippen molar-refractivity contribution in [3.63, 3.8) is 0 Å². The number of carboxylic acids is 1. The average Bonchev–Trinajstić information content (AvgIpc) is 2.70. The Bertz CT molecular complexity index is 949. The fourth-order valence-corrected chi connectivity index (χ4v) is 3.60. The second-order valence-corrected chi connectivity index (χ2v) is 7.79. The second kappa shape index (κ2) is 9.74. The maximum absolute atomic E-state index is 13.3. The van der Waals surface area contributed by atoms with Crippen molar-refractivity contribution < 1.29 is 29.1 Å². The van der Waals surface area contributed by atoms with Crippen LogP contribution in [0.15, 0.2) is 46.8 Å². The molecule has 1 aromatic rings. The number of nitro benzene ring substituents is 1. The number of ether oxygens (including phenoxy) is 2. The number of carbonyl (C=O) groups excluding carboxylic acids is 1. The van der Waals surface area contributed by atoms with E-state index in [4.69, 9.17) is 9.47 Å². The number of esters is 1. The van der Waals surface area contributed by atoms with Crippen LogP contribution >= 0.6 is 0 Å². The Hall–Kier alpha value is -3.20. The highest BCUT2D eigenvalue weighted by Gasteiger charge is 2.40. The molecule has 0 saturated heterocycles. The first-order chi connectivity index (χ1) is 14.5. The van der Waals surface area contributed by atoms with Gasteiger partial charge in [-0.2, -0.15) is 0 Å². The van der Waals surface area contributed by atoms with Gasteiger partial charge in [-0.05, 0) is 25.3 Å². The first-order valence-electron chi connectivity index (χ1n) is 9.84. The Balaban J connectivity index is 2.67. The lowest BCUT2D eigenvalue weighted by molar-refractivity contribution is -0.384. The lowest BCUT2D eigenvalue weighted by Crippen LogP contribution is -2.35. The van der Waals surface area contributed by atoms with Crippen LogP contribution in [-0.4, -0.2) is 53.7 Å². The van der Waals surface area contributed by atoms with Crippen LogP contribution in [0.3, 0.4) is 0 Å². The summed E-state index contributed by atoms with van der Waals surface area (Å²) >= 11 is 0.